The first-order chi connectivity index (χ1) is 11.2. The first kappa shape index (κ1) is 15.7. The number of aromatic nitrogens is 1. The smallest absolute Gasteiger partial charge is 0.172 e. The van der Waals surface area contributed by atoms with Crippen LogP contribution in [0.25, 0.3) is 0 Å². The molecule has 0 bridgehead atoms. The van der Waals surface area contributed by atoms with Crippen LogP contribution in [0.1, 0.15) is 35.6 Å². The van der Waals surface area contributed by atoms with E-state index >= 15 is 0 Å². The Kier molecular flexibility index (Phi) is 4.76. The van der Waals surface area contributed by atoms with Gasteiger partial charge in [-0.2, -0.15) is 0 Å². The van der Waals surface area contributed by atoms with Crippen LogP contribution in [0.3, 0.4) is 0 Å². The number of benzene rings is 1. The Morgan fingerprint density at radius 2 is 2.17 bits per heavy atom. The number of hydrogen-bond donors (Lipinski definition) is 2. The summed E-state index contributed by atoms with van der Waals surface area (Å²) in [6, 6.07) is 10.5. The fourth-order valence-electron chi connectivity index (χ4n) is 2.92. The van der Waals surface area contributed by atoms with Crippen LogP contribution in [-0.4, -0.2) is 17.2 Å². The van der Waals surface area contributed by atoms with Gasteiger partial charge in [-0.1, -0.05) is 12.1 Å². The molecule has 0 spiro atoms. The summed E-state index contributed by atoms with van der Waals surface area (Å²) in [4.78, 5) is 4.32. The Balaban J connectivity index is 1.69. The monoisotopic (exact) mass is 327 g/mol. The third kappa shape index (κ3) is 3.79. The Hall–Kier alpha value is -2.14. The minimum atomic E-state index is 0.232. The Morgan fingerprint density at radius 3 is 2.91 bits per heavy atom. The van der Waals surface area contributed by atoms with Gasteiger partial charge in [0.25, 0.3) is 0 Å². The van der Waals surface area contributed by atoms with Crippen molar-refractivity contribution >= 4 is 23.1 Å². The van der Waals surface area contributed by atoms with Crippen molar-refractivity contribution in [3.8, 4) is 5.75 Å². The van der Waals surface area contributed by atoms with E-state index in [9.17, 15) is 0 Å². The molecule has 23 heavy (non-hydrogen) atoms. The largest absolute Gasteiger partial charge is 0.497 e. The quantitative estimate of drug-likeness (QED) is 0.841. The fourth-order valence-corrected chi connectivity index (χ4v) is 3.17. The first-order valence-corrected chi connectivity index (χ1v) is 8.23. The normalized spacial score (nSPS) is 16.3. The van der Waals surface area contributed by atoms with Gasteiger partial charge < -0.3 is 15.4 Å². The second kappa shape index (κ2) is 6.96. The van der Waals surface area contributed by atoms with E-state index in [2.05, 4.69) is 27.8 Å². The number of fused-ring (bicyclic) bond motifs is 1. The van der Waals surface area contributed by atoms with Crippen LogP contribution in [-0.2, 0) is 6.42 Å². The lowest BCUT2D eigenvalue weighted by atomic mass is 9.87. The molecule has 120 valence electrons. The highest BCUT2D eigenvalue weighted by molar-refractivity contribution is 7.80. The predicted octanol–water partition coefficient (Wildman–Crippen LogP) is 3.76. The van der Waals surface area contributed by atoms with E-state index in [0.29, 0.717) is 5.11 Å². The standard InChI is InChI=1S/C18H21N3OS/c1-12-6-9-17(19-11-12)21-18(23)20-16-5-3-4-13-10-14(22-2)7-8-15(13)16/h6-11,16H,3-5H2,1-2H3,(H2,19,20,21,23). The van der Waals surface area contributed by atoms with Gasteiger partial charge in [0.15, 0.2) is 5.11 Å². The van der Waals surface area contributed by atoms with E-state index in [1.165, 1.54) is 11.1 Å². The molecule has 1 aromatic carbocycles. The fraction of sp³-hybridized carbons (Fsp3) is 0.333. The van der Waals surface area contributed by atoms with Gasteiger partial charge in [0.1, 0.15) is 11.6 Å². The van der Waals surface area contributed by atoms with Gasteiger partial charge in [0.05, 0.1) is 13.2 Å². The lowest BCUT2D eigenvalue weighted by Gasteiger charge is -2.27. The molecule has 0 amide bonds. The van der Waals surface area contributed by atoms with Crippen molar-refractivity contribution in [2.75, 3.05) is 12.4 Å². The second-order valence-corrected chi connectivity index (χ2v) is 6.24. The van der Waals surface area contributed by atoms with Crippen molar-refractivity contribution in [2.45, 2.75) is 32.2 Å². The molecule has 0 fully saturated rings. The third-order valence-corrected chi connectivity index (χ3v) is 4.34. The summed E-state index contributed by atoms with van der Waals surface area (Å²) in [7, 11) is 1.70. The van der Waals surface area contributed by atoms with Crippen LogP contribution in [0.2, 0.25) is 0 Å². The molecule has 4 nitrogen and oxygen atoms in total. The van der Waals surface area contributed by atoms with Crippen LogP contribution < -0.4 is 15.4 Å². The van der Waals surface area contributed by atoms with Gasteiger partial charge in [0.2, 0.25) is 0 Å². The van der Waals surface area contributed by atoms with E-state index < -0.39 is 0 Å². The molecule has 1 heterocycles. The van der Waals surface area contributed by atoms with E-state index in [-0.39, 0.29) is 6.04 Å². The molecule has 1 unspecified atom stereocenters. The summed E-state index contributed by atoms with van der Waals surface area (Å²) in [5, 5.41) is 7.18. The van der Waals surface area contributed by atoms with Gasteiger partial charge in [0, 0.05) is 6.20 Å². The predicted molar refractivity (Wildman–Crippen MR) is 97.0 cm³/mol. The summed E-state index contributed by atoms with van der Waals surface area (Å²) >= 11 is 5.44. The molecular formula is C18H21N3OS. The maximum atomic E-state index is 5.44. The molecular weight excluding hydrogens is 306 g/mol. The van der Waals surface area contributed by atoms with Crippen LogP contribution in [0, 0.1) is 6.92 Å². The lowest BCUT2D eigenvalue weighted by molar-refractivity contribution is 0.412. The molecule has 2 aromatic rings. The summed E-state index contributed by atoms with van der Waals surface area (Å²) in [6.07, 6.45) is 5.13. The number of rotatable bonds is 3. The van der Waals surface area contributed by atoms with Gasteiger partial charge in [-0.05, 0) is 73.3 Å². The molecule has 1 atom stereocenters. The number of aryl methyl sites for hydroxylation is 2. The zero-order valence-corrected chi connectivity index (χ0v) is 14.2. The van der Waals surface area contributed by atoms with Crippen molar-refractivity contribution in [2.24, 2.45) is 0 Å². The van der Waals surface area contributed by atoms with Crippen molar-refractivity contribution < 1.29 is 4.74 Å². The summed E-state index contributed by atoms with van der Waals surface area (Å²) < 4.78 is 5.32. The molecule has 1 aromatic heterocycles. The van der Waals surface area contributed by atoms with Crippen molar-refractivity contribution in [3.63, 3.8) is 0 Å². The van der Waals surface area contributed by atoms with Crippen molar-refractivity contribution in [1.29, 1.82) is 0 Å². The minimum absolute atomic E-state index is 0.232. The third-order valence-electron chi connectivity index (χ3n) is 4.12. The Morgan fingerprint density at radius 1 is 1.30 bits per heavy atom. The van der Waals surface area contributed by atoms with E-state index in [4.69, 9.17) is 17.0 Å². The maximum absolute atomic E-state index is 5.44. The number of hydrogen-bond acceptors (Lipinski definition) is 3. The first-order valence-electron chi connectivity index (χ1n) is 7.82. The number of nitrogens with zero attached hydrogens (tertiary/aromatic N) is 1. The average molecular weight is 327 g/mol. The molecule has 1 aliphatic carbocycles. The van der Waals surface area contributed by atoms with Crippen LogP contribution in [0.15, 0.2) is 36.5 Å². The number of nitrogens with one attached hydrogen (secondary N) is 2. The zero-order chi connectivity index (χ0) is 16.2. The average Bonchev–Trinajstić information content (AvgIpc) is 2.56. The Bertz CT molecular complexity index is 700. The van der Waals surface area contributed by atoms with Gasteiger partial charge >= 0.3 is 0 Å². The molecule has 0 aliphatic heterocycles. The van der Waals surface area contributed by atoms with Crippen LogP contribution in [0.5, 0.6) is 5.75 Å². The topological polar surface area (TPSA) is 46.2 Å². The SMILES string of the molecule is COc1ccc2c(c1)CCCC2NC(=S)Nc1ccc(C)cn1. The van der Waals surface area contributed by atoms with Gasteiger partial charge in [-0.3, -0.25) is 0 Å². The van der Waals surface area contributed by atoms with E-state index in [0.717, 1.165) is 36.4 Å². The maximum Gasteiger partial charge on any atom is 0.172 e. The van der Waals surface area contributed by atoms with Crippen LogP contribution >= 0.6 is 12.2 Å². The number of thiocarbonyl (C=S) groups is 1. The van der Waals surface area contributed by atoms with Gasteiger partial charge in [-0.25, -0.2) is 4.98 Å². The second-order valence-electron chi connectivity index (χ2n) is 5.83. The Labute approximate surface area is 142 Å². The zero-order valence-electron chi connectivity index (χ0n) is 13.4. The number of methoxy groups -OCH3 is 1. The minimum Gasteiger partial charge on any atom is -0.497 e. The molecule has 5 heteroatoms. The molecule has 3 rings (SSSR count). The highest BCUT2D eigenvalue weighted by atomic mass is 32.1. The molecule has 0 radical (unpaired) electrons. The lowest BCUT2D eigenvalue weighted by Crippen LogP contribution is -2.34. The molecule has 0 saturated heterocycles. The summed E-state index contributed by atoms with van der Waals surface area (Å²) in [5.74, 6) is 1.67. The van der Waals surface area contributed by atoms with Gasteiger partial charge in [-0.15, -0.1) is 0 Å². The van der Waals surface area contributed by atoms with Crippen LogP contribution in [0.4, 0.5) is 5.82 Å². The summed E-state index contributed by atoms with van der Waals surface area (Å²) in [6.45, 7) is 2.01. The van der Waals surface area contributed by atoms with Crippen molar-refractivity contribution in [1.82, 2.24) is 10.3 Å². The highest BCUT2D eigenvalue weighted by Crippen LogP contribution is 2.32. The molecule has 1 aliphatic rings. The number of anilines is 1. The molecule has 0 saturated carbocycles. The summed E-state index contributed by atoms with van der Waals surface area (Å²) in [5.41, 5.74) is 3.77. The highest BCUT2D eigenvalue weighted by Gasteiger charge is 2.21. The molecule has 2 N–H and O–H groups in total. The number of pyridine rings is 1. The van der Waals surface area contributed by atoms with E-state index in [1.807, 2.05) is 31.3 Å². The van der Waals surface area contributed by atoms with E-state index in [1.54, 1.807) is 7.11 Å². The van der Waals surface area contributed by atoms with Crippen molar-refractivity contribution in [3.05, 3.63) is 53.2 Å². The number of ether oxygens (including phenoxy) is 1.